The Labute approximate surface area is 78.7 Å². The van der Waals surface area contributed by atoms with E-state index in [4.69, 9.17) is 5.73 Å². The van der Waals surface area contributed by atoms with Crippen LogP contribution in [-0.4, -0.2) is 24.3 Å². The van der Waals surface area contributed by atoms with Crippen LogP contribution in [0.3, 0.4) is 0 Å². The molecule has 1 unspecified atom stereocenters. The molecule has 0 saturated carbocycles. The van der Waals surface area contributed by atoms with Crippen molar-refractivity contribution in [2.75, 3.05) is 7.05 Å². The number of carbonyl (C=O) groups excluding carboxylic acids is 2. The second-order valence-electron chi connectivity index (χ2n) is 2.38. The fourth-order valence-electron chi connectivity index (χ4n) is 0.159. The molecule has 0 fully saturated rings. The number of nitrogens with zero attached hydrogens (tertiary/aromatic N) is 1. The minimum atomic E-state index is -0.324. The maximum atomic E-state index is 10.1. The van der Waals surface area contributed by atoms with E-state index in [9.17, 15) is 9.59 Å². The minimum Gasteiger partial charge on any atom is -0.369 e. The number of nitrogens with two attached hydrogens (primary N) is 1. The first-order chi connectivity index (χ1) is 5.99. The van der Waals surface area contributed by atoms with Crippen LogP contribution in [0.25, 0.3) is 0 Å². The number of hydrogen-bond donors (Lipinski definition) is 1. The van der Waals surface area contributed by atoms with Crippen LogP contribution in [0.1, 0.15) is 6.92 Å². The second-order valence-corrected chi connectivity index (χ2v) is 2.38. The Kier molecular flexibility index (Phi) is 9.15. The summed E-state index contributed by atoms with van der Waals surface area (Å²) in [5.74, 6) is -0.519. The zero-order chi connectivity index (χ0) is 10.9. The van der Waals surface area contributed by atoms with E-state index in [1.807, 2.05) is 0 Å². The lowest BCUT2D eigenvalue weighted by Gasteiger charge is -1.96. The molecule has 74 valence electrons. The first kappa shape index (κ1) is 14.0. The highest BCUT2D eigenvalue weighted by molar-refractivity contribution is 5.77. The third kappa shape index (κ3) is 10.4. The van der Waals surface area contributed by atoms with Crippen molar-refractivity contribution < 1.29 is 9.59 Å². The van der Waals surface area contributed by atoms with Gasteiger partial charge in [-0.2, -0.15) is 0 Å². The van der Waals surface area contributed by atoms with E-state index in [-0.39, 0.29) is 11.8 Å². The van der Waals surface area contributed by atoms with E-state index < -0.39 is 0 Å². The van der Waals surface area contributed by atoms with E-state index in [1.54, 1.807) is 14.0 Å². The van der Waals surface area contributed by atoms with Crippen molar-refractivity contribution in [1.82, 2.24) is 4.90 Å². The van der Waals surface area contributed by atoms with Gasteiger partial charge in [-0.3, -0.25) is 9.59 Å². The molecule has 4 nitrogen and oxygen atoms in total. The van der Waals surface area contributed by atoms with E-state index in [2.05, 4.69) is 13.2 Å². The predicted octanol–water partition coefficient (Wildman–Crippen LogP) is 0.512. The molecule has 0 aliphatic heterocycles. The van der Waals surface area contributed by atoms with Crippen LogP contribution in [-0.2, 0) is 9.59 Å². The van der Waals surface area contributed by atoms with Crippen molar-refractivity contribution in [3.63, 3.8) is 0 Å². The summed E-state index contributed by atoms with van der Waals surface area (Å²) >= 11 is 0. The van der Waals surface area contributed by atoms with Crippen molar-refractivity contribution in [3.8, 4) is 0 Å². The summed E-state index contributed by atoms with van der Waals surface area (Å²) in [6.07, 6.45) is 3.64. The molecule has 0 aromatic rings. The summed E-state index contributed by atoms with van der Waals surface area (Å²) in [4.78, 5) is 21.0. The summed E-state index contributed by atoms with van der Waals surface area (Å²) in [7, 11) is 1.62. The SMILES string of the molecule is C=CC(C)C(N)=O.C=CN(C)C=O. The van der Waals surface area contributed by atoms with Crippen molar-refractivity contribution in [1.29, 1.82) is 0 Å². The van der Waals surface area contributed by atoms with Gasteiger partial charge in [0.25, 0.3) is 0 Å². The summed E-state index contributed by atoms with van der Waals surface area (Å²) in [6, 6.07) is 0. The number of hydrogen-bond acceptors (Lipinski definition) is 2. The van der Waals surface area contributed by atoms with Crippen LogP contribution in [0.15, 0.2) is 25.4 Å². The smallest absolute Gasteiger partial charge is 0.224 e. The molecule has 2 N–H and O–H groups in total. The lowest BCUT2D eigenvalue weighted by Crippen LogP contribution is -2.17. The maximum Gasteiger partial charge on any atom is 0.224 e. The number of primary amides is 1. The average Bonchev–Trinajstić information content (AvgIpc) is 2.16. The number of amides is 2. The zero-order valence-corrected chi connectivity index (χ0v) is 8.06. The molecule has 0 saturated heterocycles. The van der Waals surface area contributed by atoms with Gasteiger partial charge in [0, 0.05) is 7.05 Å². The van der Waals surface area contributed by atoms with Gasteiger partial charge in [0.15, 0.2) is 0 Å². The van der Waals surface area contributed by atoms with Crippen LogP contribution in [0, 0.1) is 5.92 Å². The van der Waals surface area contributed by atoms with Gasteiger partial charge in [0.05, 0.1) is 5.92 Å². The summed E-state index contributed by atoms with van der Waals surface area (Å²) < 4.78 is 0. The van der Waals surface area contributed by atoms with Gasteiger partial charge in [0.1, 0.15) is 0 Å². The predicted molar refractivity (Wildman–Crippen MR) is 52.6 cm³/mol. The molecule has 0 aliphatic carbocycles. The highest BCUT2D eigenvalue weighted by Gasteiger charge is 1.99. The zero-order valence-electron chi connectivity index (χ0n) is 8.06. The molecule has 2 amide bonds. The molecule has 0 spiro atoms. The monoisotopic (exact) mass is 184 g/mol. The second kappa shape index (κ2) is 8.52. The van der Waals surface area contributed by atoms with Crippen molar-refractivity contribution in [2.45, 2.75) is 6.92 Å². The molecule has 0 radical (unpaired) electrons. The molecule has 0 heterocycles. The Balaban J connectivity index is 0. The third-order valence-corrected chi connectivity index (χ3v) is 1.26. The van der Waals surface area contributed by atoms with Gasteiger partial charge in [-0.25, -0.2) is 0 Å². The topological polar surface area (TPSA) is 63.4 Å². The highest BCUT2D eigenvalue weighted by Crippen LogP contribution is 1.90. The fourth-order valence-corrected chi connectivity index (χ4v) is 0.159. The quantitative estimate of drug-likeness (QED) is 0.511. The highest BCUT2D eigenvalue weighted by atomic mass is 16.1. The van der Waals surface area contributed by atoms with Gasteiger partial charge in [-0.15, -0.1) is 6.58 Å². The number of carbonyl (C=O) groups is 2. The van der Waals surface area contributed by atoms with Crippen LogP contribution < -0.4 is 5.73 Å². The molecule has 0 aliphatic rings. The van der Waals surface area contributed by atoms with Crippen LogP contribution in [0.4, 0.5) is 0 Å². The van der Waals surface area contributed by atoms with Gasteiger partial charge >= 0.3 is 0 Å². The molecule has 0 rings (SSSR count). The molecule has 0 aromatic heterocycles. The minimum absolute atomic E-state index is 0.194. The first-order valence-corrected chi connectivity index (χ1v) is 3.71. The molecular formula is C9H16N2O2. The Morgan fingerprint density at radius 2 is 2.00 bits per heavy atom. The van der Waals surface area contributed by atoms with E-state index in [0.717, 1.165) is 0 Å². The number of rotatable bonds is 4. The van der Waals surface area contributed by atoms with Crippen LogP contribution >= 0.6 is 0 Å². The lowest BCUT2D eigenvalue weighted by atomic mass is 10.2. The molecule has 1 atom stereocenters. The molecule has 13 heavy (non-hydrogen) atoms. The van der Waals surface area contributed by atoms with E-state index in [1.165, 1.54) is 17.2 Å². The van der Waals surface area contributed by atoms with Crippen LogP contribution in [0.5, 0.6) is 0 Å². The normalized spacial score (nSPS) is 10.0. The Bertz CT molecular complexity index is 182. The molecular weight excluding hydrogens is 168 g/mol. The molecule has 0 aromatic carbocycles. The van der Waals surface area contributed by atoms with Crippen LogP contribution in [0.2, 0.25) is 0 Å². The Hall–Kier alpha value is -1.58. The Morgan fingerprint density at radius 3 is 2.00 bits per heavy atom. The van der Waals surface area contributed by atoms with Crippen molar-refractivity contribution >= 4 is 12.3 Å². The van der Waals surface area contributed by atoms with Gasteiger partial charge in [-0.05, 0) is 6.20 Å². The fraction of sp³-hybridized carbons (Fsp3) is 0.333. The molecule has 4 heteroatoms. The van der Waals surface area contributed by atoms with Crippen molar-refractivity contribution in [3.05, 3.63) is 25.4 Å². The van der Waals surface area contributed by atoms with Crippen molar-refractivity contribution in [2.24, 2.45) is 11.7 Å². The van der Waals surface area contributed by atoms with Gasteiger partial charge in [0.2, 0.25) is 12.3 Å². The van der Waals surface area contributed by atoms with E-state index in [0.29, 0.717) is 6.41 Å². The van der Waals surface area contributed by atoms with Gasteiger partial charge in [-0.1, -0.05) is 19.6 Å². The summed E-state index contributed by atoms with van der Waals surface area (Å²) in [5.41, 5.74) is 4.84. The lowest BCUT2D eigenvalue weighted by molar-refractivity contribution is -0.120. The average molecular weight is 184 g/mol. The maximum absolute atomic E-state index is 10.1. The first-order valence-electron chi connectivity index (χ1n) is 3.71. The largest absolute Gasteiger partial charge is 0.369 e. The Morgan fingerprint density at radius 1 is 1.54 bits per heavy atom. The third-order valence-electron chi connectivity index (χ3n) is 1.26. The molecule has 0 bridgehead atoms. The summed E-state index contributed by atoms with van der Waals surface area (Å²) in [5, 5.41) is 0. The van der Waals surface area contributed by atoms with E-state index >= 15 is 0 Å². The standard InChI is InChI=1S/C5H9NO.C4H7NO/c1-3-4(2)5(6)7;1-3-5(2)4-6/h3-4H,1H2,2H3,(H2,6,7);3-4H,1H2,2H3. The van der Waals surface area contributed by atoms with Gasteiger partial charge < -0.3 is 10.6 Å². The summed E-state index contributed by atoms with van der Waals surface area (Å²) in [6.45, 7) is 8.41.